The minimum absolute atomic E-state index is 0.325. The van der Waals surface area contributed by atoms with Crippen molar-refractivity contribution < 1.29 is 0 Å². The van der Waals surface area contributed by atoms with Crippen molar-refractivity contribution >= 4 is 17.6 Å². The molecule has 0 fully saturated rings. The first kappa shape index (κ1) is 13.9. The third-order valence-corrected chi connectivity index (χ3v) is 3.66. The lowest BCUT2D eigenvalue weighted by Gasteiger charge is -2.09. The minimum atomic E-state index is 0.325. The number of rotatable bonds is 4. The van der Waals surface area contributed by atoms with Gasteiger partial charge in [-0.1, -0.05) is 43.3 Å². The Labute approximate surface area is 118 Å². The standard InChI is InChI=1S/C15H19N3S/c1-10(2)15-17-13(16-4)9-14(18-15)19-12-7-5-11(3)6-8-12/h5-10H,1-4H3,(H,16,17,18). The normalized spacial score (nSPS) is 10.8. The van der Waals surface area contributed by atoms with Gasteiger partial charge in [0.15, 0.2) is 0 Å². The predicted octanol–water partition coefficient (Wildman–Crippen LogP) is 4.10. The first-order chi connectivity index (χ1) is 9.08. The van der Waals surface area contributed by atoms with Gasteiger partial charge in [0.1, 0.15) is 16.7 Å². The number of nitrogens with one attached hydrogen (secondary N) is 1. The summed E-state index contributed by atoms with van der Waals surface area (Å²) in [4.78, 5) is 10.3. The lowest BCUT2D eigenvalue weighted by Crippen LogP contribution is -2.02. The van der Waals surface area contributed by atoms with E-state index in [1.54, 1.807) is 11.8 Å². The third kappa shape index (κ3) is 3.70. The van der Waals surface area contributed by atoms with Crippen molar-refractivity contribution in [3.63, 3.8) is 0 Å². The summed E-state index contributed by atoms with van der Waals surface area (Å²) in [6, 6.07) is 10.5. The summed E-state index contributed by atoms with van der Waals surface area (Å²) < 4.78 is 0. The summed E-state index contributed by atoms with van der Waals surface area (Å²) in [5.74, 6) is 2.07. The molecule has 1 heterocycles. The molecule has 19 heavy (non-hydrogen) atoms. The summed E-state index contributed by atoms with van der Waals surface area (Å²) in [5, 5.41) is 4.07. The smallest absolute Gasteiger partial charge is 0.134 e. The highest BCUT2D eigenvalue weighted by Gasteiger charge is 2.08. The van der Waals surface area contributed by atoms with E-state index in [0.29, 0.717) is 5.92 Å². The highest BCUT2D eigenvalue weighted by atomic mass is 32.2. The lowest BCUT2D eigenvalue weighted by molar-refractivity contribution is 0.755. The molecule has 100 valence electrons. The first-order valence-electron chi connectivity index (χ1n) is 6.39. The minimum Gasteiger partial charge on any atom is -0.373 e. The van der Waals surface area contributed by atoms with E-state index in [9.17, 15) is 0 Å². The molecule has 1 aromatic carbocycles. The predicted molar refractivity (Wildman–Crippen MR) is 81.0 cm³/mol. The van der Waals surface area contributed by atoms with Crippen molar-refractivity contribution in [2.75, 3.05) is 12.4 Å². The molecule has 2 aromatic rings. The number of nitrogens with zero attached hydrogens (tertiary/aromatic N) is 2. The van der Waals surface area contributed by atoms with Gasteiger partial charge in [0.05, 0.1) is 0 Å². The van der Waals surface area contributed by atoms with Crippen LogP contribution in [0.2, 0.25) is 0 Å². The molecule has 0 aliphatic rings. The summed E-state index contributed by atoms with van der Waals surface area (Å²) in [6.45, 7) is 6.30. The molecular formula is C15H19N3S. The molecule has 2 rings (SSSR count). The summed E-state index contributed by atoms with van der Waals surface area (Å²) in [5.41, 5.74) is 1.27. The van der Waals surface area contributed by atoms with Crippen LogP contribution in [0.1, 0.15) is 31.2 Å². The Balaban J connectivity index is 2.28. The average Bonchev–Trinajstić information content (AvgIpc) is 2.41. The van der Waals surface area contributed by atoms with Crippen LogP contribution in [-0.4, -0.2) is 17.0 Å². The largest absolute Gasteiger partial charge is 0.373 e. The zero-order valence-electron chi connectivity index (χ0n) is 11.8. The van der Waals surface area contributed by atoms with Crippen molar-refractivity contribution in [2.24, 2.45) is 0 Å². The van der Waals surface area contributed by atoms with Crippen molar-refractivity contribution in [2.45, 2.75) is 36.6 Å². The monoisotopic (exact) mass is 273 g/mol. The van der Waals surface area contributed by atoms with Crippen molar-refractivity contribution in [1.82, 2.24) is 9.97 Å². The van der Waals surface area contributed by atoms with Gasteiger partial charge >= 0.3 is 0 Å². The van der Waals surface area contributed by atoms with Crippen LogP contribution in [0, 0.1) is 6.92 Å². The second-order valence-corrected chi connectivity index (χ2v) is 5.86. The van der Waals surface area contributed by atoms with Gasteiger partial charge in [-0.15, -0.1) is 0 Å². The van der Waals surface area contributed by atoms with E-state index in [1.807, 2.05) is 13.1 Å². The first-order valence-corrected chi connectivity index (χ1v) is 7.21. The summed E-state index contributed by atoms with van der Waals surface area (Å²) >= 11 is 1.67. The molecule has 0 saturated carbocycles. The lowest BCUT2D eigenvalue weighted by atomic mass is 10.2. The topological polar surface area (TPSA) is 37.8 Å². The molecule has 0 bridgehead atoms. The van der Waals surface area contributed by atoms with E-state index in [1.165, 1.54) is 10.5 Å². The van der Waals surface area contributed by atoms with Gasteiger partial charge in [-0.25, -0.2) is 9.97 Å². The van der Waals surface area contributed by atoms with Crippen LogP contribution in [0.4, 0.5) is 5.82 Å². The number of hydrogen-bond donors (Lipinski definition) is 1. The van der Waals surface area contributed by atoms with E-state index in [4.69, 9.17) is 0 Å². The Kier molecular flexibility index (Phi) is 4.43. The van der Waals surface area contributed by atoms with Crippen LogP contribution in [0.5, 0.6) is 0 Å². The Morgan fingerprint density at radius 3 is 2.37 bits per heavy atom. The van der Waals surface area contributed by atoms with E-state index >= 15 is 0 Å². The molecule has 0 saturated heterocycles. The molecule has 3 nitrogen and oxygen atoms in total. The number of hydrogen-bond acceptors (Lipinski definition) is 4. The van der Waals surface area contributed by atoms with Crippen LogP contribution in [0.3, 0.4) is 0 Å². The average molecular weight is 273 g/mol. The van der Waals surface area contributed by atoms with Crippen LogP contribution < -0.4 is 5.32 Å². The molecule has 0 atom stereocenters. The van der Waals surface area contributed by atoms with E-state index in [2.05, 4.69) is 60.3 Å². The Bertz CT molecular complexity index is 550. The highest BCUT2D eigenvalue weighted by Crippen LogP contribution is 2.28. The Morgan fingerprint density at radius 2 is 1.79 bits per heavy atom. The number of aryl methyl sites for hydroxylation is 1. The Morgan fingerprint density at radius 1 is 1.11 bits per heavy atom. The van der Waals surface area contributed by atoms with E-state index < -0.39 is 0 Å². The number of aromatic nitrogens is 2. The third-order valence-electron chi connectivity index (χ3n) is 2.74. The van der Waals surface area contributed by atoms with Gasteiger partial charge in [0.25, 0.3) is 0 Å². The van der Waals surface area contributed by atoms with Crippen molar-refractivity contribution in [3.05, 3.63) is 41.7 Å². The fourth-order valence-electron chi connectivity index (χ4n) is 1.61. The second-order valence-electron chi connectivity index (χ2n) is 4.77. The van der Waals surface area contributed by atoms with Gasteiger partial charge in [-0.3, -0.25) is 0 Å². The van der Waals surface area contributed by atoms with Crippen molar-refractivity contribution in [3.8, 4) is 0 Å². The van der Waals surface area contributed by atoms with Crippen LogP contribution in [-0.2, 0) is 0 Å². The van der Waals surface area contributed by atoms with Gasteiger partial charge in [0, 0.05) is 23.9 Å². The van der Waals surface area contributed by atoms with Crippen LogP contribution in [0.25, 0.3) is 0 Å². The molecule has 0 amide bonds. The Hall–Kier alpha value is -1.55. The quantitative estimate of drug-likeness (QED) is 0.851. The molecule has 0 radical (unpaired) electrons. The van der Waals surface area contributed by atoms with Gasteiger partial charge < -0.3 is 5.32 Å². The van der Waals surface area contributed by atoms with Crippen LogP contribution in [0.15, 0.2) is 40.3 Å². The molecule has 0 unspecified atom stereocenters. The fraction of sp³-hybridized carbons (Fsp3) is 0.333. The maximum Gasteiger partial charge on any atom is 0.134 e. The number of anilines is 1. The summed E-state index contributed by atoms with van der Waals surface area (Å²) in [6.07, 6.45) is 0. The van der Waals surface area contributed by atoms with Crippen molar-refractivity contribution in [1.29, 1.82) is 0 Å². The number of benzene rings is 1. The molecule has 1 N–H and O–H groups in total. The van der Waals surface area contributed by atoms with Gasteiger partial charge in [-0.2, -0.15) is 0 Å². The van der Waals surface area contributed by atoms with Gasteiger partial charge in [0.2, 0.25) is 0 Å². The SMILES string of the molecule is CNc1cc(Sc2ccc(C)cc2)nc(C(C)C)n1. The molecule has 0 aliphatic carbocycles. The zero-order valence-corrected chi connectivity index (χ0v) is 12.6. The molecule has 0 aliphatic heterocycles. The van der Waals surface area contributed by atoms with Gasteiger partial charge in [-0.05, 0) is 19.1 Å². The zero-order chi connectivity index (χ0) is 13.8. The summed E-state index contributed by atoms with van der Waals surface area (Å²) in [7, 11) is 1.88. The van der Waals surface area contributed by atoms with Crippen LogP contribution >= 0.6 is 11.8 Å². The van der Waals surface area contributed by atoms with E-state index in [-0.39, 0.29) is 0 Å². The second kappa shape index (κ2) is 6.06. The molecule has 0 spiro atoms. The maximum absolute atomic E-state index is 4.61. The maximum atomic E-state index is 4.61. The fourth-order valence-corrected chi connectivity index (χ4v) is 2.43. The molecular weight excluding hydrogens is 254 g/mol. The molecule has 4 heteroatoms. The molecule has 1 aromatic heterocycles. The highest BCUT2D eigenvalue weighted by molar-refractivity contribution is 7.99. The van der Waals surface area contributed by atoms with E-state index in [0.717, 1.165) is 16.7 Å².